The first-order valence-corrected chi connectivity index (χ1v) is 13.3. The van der Waals surface area contributed by atoms with Gasteiger partial charge in [-0.15, -0.1) is 0 Å². The molecule has 2 aliphatic rings. The average Bonchev–Trinajstić information content (AvgIpc) is 3.59. The molecule has 0 atom stereocenters. The van der Waals surface area contributed by atoms with Gasteiger partial charge in [0.15, 0.2) is 0 Å². The van der Waals surface area contributed by atoms with Crippen LogP contribution in [0.25, 0.3) is 0 Å². The zero-order valence-electron chi connectivity index (χ0n) is 21.4. The third-order valence-electron chi connectivity index (χ3n) is 7.01. The van der Waals surface area contributed by atoms with Crippen molar-refractivity contribution in [3.05, 3.63) is 53.6 Å². The lowest BCUT2D eigenvalue weighted by Crippen LogP contribution is -2.52. The van der Waals surface area contributed by atoms with Gasteiger partial charge in [0, 0.05) is 63.3 Å². The van der Waals surface area contributed by atoms with Gasteiger partial charge < -0.3 is 15.2 Å². The fourth-order valence-corrected chi connectivity index (χ4v) is 5.19. The second-order valence-corrected chi connectivity index (χ2v) is 9.69. The summed E-state index contributed by atoms with van der Waals surface area (Å²) in [5.41, 5.74) is 1.96. The van der Waals surface area contributed by atoms with Crippen molar-refractivity contribution in [2.24, 2.45) is 4.99 Å². The maximum Gasteiger partial charge on any atom is 0.253 e. The van der Waals surface area contributed by atoms with Gasteiger partial charge in [0.25, 0.3) is 5.91 Å². The lowest BCUT2D eigenvalue weighted by molar-refractivity contribution is 0.0547. The highest BCUT2D eigenvalue weighted by atomic mass is 16.2. The Morgan fingerprint density at radius 2 is 1.77 bits per heavy atom. The van der Waals surface area contributed by atoms with Crippen LogP contribution < -0.4 is 5.32 Å². The van der Waals surface area contributed by atoms with Gasteiger partial charge in [-0.2, -0.15) is 0 Å². The smallest absolute Gasteiger partial charge is 0.253 e. The van der Waals surface area contributed by atoms with E-state index in [0.717, 1.165) is 76.1 Å². The van der Waals surface area contributed by atoms with Crippen LogP contribution in [-0.2, 0) is 13.1 Å². The van der Waals surface area contributed by atoms with Crippen molar-refractivity contribution in [3.63, 3.8) is 0 Å². The van der Waals surface area contributed by atoms with E-state index >= 15 is 0 Å². The molecule has 0 radical (unpaired) electrons. The maximum atomic E-state index is 13.2. The number of piperazine rings is 1. The van der Waals surface area contributed by atoms with Gasteiger partial charge in [-0.1, -0.05) is 38.8 Å². The number of carbonyl (C=O) groups excluding carboxylic acids is 1. The number of benzene rings is 1. The highest BCUT2D eigenvalue weighted by Gasteiger charge is 2.26. The number of carbonyl (C=O) groups is 1. The van der Waals surface area contributed by atoms with Crippen molar-refractivity contribution >= 4 is 11.7 Å². The van der Waals surface area contributed by atoms with Crippen LogP contribution in [0, 0.1) is 0 Å². The quantitative estimate of drug-likeness (QED) is 0.489. The van der Waals surface area contributed by atoms with Crippen LogP contribution in [0.2, 0.25) is 0 Å². The highest BCUT2D eigenvalue weighted by molar-refractivity contribution is 5.94. The first-order chi connectivity index (χ1) is 17.2. The number of hydrogen-bond acceptors (Lipinski definition) is 6. The zero-order chi connectivity index (χ0) is 24.5. The topological polar surface area (TPSA) is 79.9 Å². The van der Waals surface area contributed by atoms with Gasteiger partial charge in [-0.05, 0) is 30.5 Å². The summed E-state index contributed by atoms with van der Waals surface area (Å²) in [5.74, 6) is 2.12. The molecule has 2 aliphatic heterocycles. The number of imidazole rings is 1. The molecule has 0 bridgehead atoms. The van der Waals surface area contributed by atoms with E-state index in [2.05, 4.69) is 56.1 Å². The summed E-state index contributed by atoms with van der Waals surface area (Å²) in [6.45, 7) is 12.1. The normalized spacial score (nSPS) is 16.7. The zero-order valence-corrected chi connectivity index (χ0v) is 21.4. The van der Waals surface area contributed by atoms with E-state index in [0.29, 0.717) is 6.04 Å². The molecule has 4 rings (SSSR count). The van der Waals surface area contributed by atoms with Gasteiger partial charge in [0.1, 0.15) is 11.7 Å². The van der Waals surface area contributed by atoms with Crippen molar-refractivity contribution in [2.75, 3.05) is 45.8 Å². The molecule has 190 valence electrons. The number of nitrogens with one attached hydrogen (secondary N) is 2. The number of rotatable bonds is 12. The minimum Gasteiger partial charge on any atom is -0.371 e. The van der Waals surface area contributed by atoms with Gasteiger partial charge in [-0.25, -0.2) is 4.98 Å². The van der Waals surface area contributed by atoms with Crippen molar-refractivity contribution < 1.29 is 4.79 Å². The number of nitrogens with zero attached hydrogens (tertiary/aromatic N) is 5. The Bertz CT molecular complexity index is 927. The molecule has 1 aromatic heterocycles. The molecule has 1 aromatic carbocycles. The third-order valence-corrected chi connectivity index (χ3v) is 7.01. The lowest BCUT2D eigenvalue weighted by Gasteiger charge is -2.39. The molecule has 1 saturated heterocycles. The summed E-state index contributed by atoms with van der Waals surface area (Å²) in [7, 11) is 0. The average molecular weight is 480 g/mol. The Balaban J connectivity index is 1.33. The summed E-state index contributed by atoms with van der Waals surface area (Å²) in [5, 5.41) is 3.36. The van der Waals surface area contributed by atoms with Crippen molar-refractivity contribution in [2.45, 2.75) is 58.7 Å². The van der Waals surface area contributed by atoms with Gasteiger partial charge >= 0.3 is 0 Å². The SMILES string of the molecule is CCCC(CCC)N1CCN(C(=O)c2ccc(CN(CC3=NCCN3)Cc3ncc[nH]3)cc2)CC1. The van der Waals surface area contributed by atoms with Crippen molar-refractivity contribution in [1.82, 2.24) is 30.0 Å². The second kappa shape index (κ2) is 12.8. The summed E-state index contributed by atoms with van der Waals surface area (Å²) >= 11 is 0. The van der Waals surface area contributed by atoms with Gasteiger partial charge in [0.05, 0.1) is 19.6 Å². The first-order valence-electron chi connectivity index (χ1n) is 13.3. The summed E-state index contributed by atoms with van der Waals surface area (Å²) in [6, 6.07) is 8.80. The Morgan fingerprint density at radius 3 is 2.37 bits per heavy atom. The molecule has 0 saturated carbocycles. The molecule has 2 aromatic rings. The number of aromatic amines is 1. The second-order valence-electron chi connectivity index (χ2n) is 9.69. The van der Waals surface area contributed by atoms with Crippen LogP contribution in [0.3, 0.4) is 0 Å². The summed E-state index contributed by atoms with van der Waals surface area (Å²) in [4.78, 5) is 32.2. The molecule has 0 spiro atoms. The van der Waals surface area contributed by atoms with Crippen LogP contribution in [-0.4, -0.2) is 88.3 Å². The molecular weight excluding hydrogens is 438 g/mol. The predicted molar refractivity (Wildman–Crippen MR) is 141 cm³/mol. The Labute approximate surface area is 209 Å². The molecule has 1 fully saturated rings. The lowest BCUT2D eigenvalue weighted by atomic mass is 10.0. The minimum absolute atomic E-state index is 0.149. The number of hydrogen-bond donors (Lipinski definition) is 2. The van der Waals surface area contributed by atoms with E-state index in [1.54, 1.807) is 6.20 Å². The van der Waals surface area contributed by atoms with E-state index in [4.69, 9.17) is 0 Å². The van der Waals surface area contributed by atoms with Crippen molar-refractivity contribution in [3.8, 4) is 0 Å². The summed E-state index contributed by atoms with van der Waals surface area (Å²) < 4.78 is 0. The molecule has 0 aliphatic carbocycles. The molecule has 8 nitrogen and oxygen atoms in total. The number of amidine groups is 1. The van der Waals surface area contributed by atoms with Crippen LogP contribution in [0.5, 0.6) is 0 Å². The monoisotopic (exact) mass is 479 g/mol. The van der Waals surface area contributed by atoms with Gasteiger partial charge in [-0.3, -0.25) is 19.6 Å². The van der Waals surface area contributed by atoms with Crippen LogP contribution in [0.1, 0.15) is 61.3 Å². The number of amides is 1. The number of H-pyrrole nitrogens is 1. The molecule has 2 N–H and O–H groups in total. The Morgan fingerprint density at radius 1 is 1.03 bits per heavy atom. The fourth-order valence-electron chi connectivity index (χ4n) is 5.19. The minimum atomic E-state index is 0.149. The fraction of sp³-hybridized carbons (Fsp3) is 0.593. The van der Waals surface area contributed by atoms with E-state index in [1.165, 1.54) is 31.2 Å². The van der Waals surface area contributed by atoms with E-state index < -0.39 is 0 Å². The van der Waals surface area contributed by atoms with Crippen LogP contribution in [0.4, 0.5) is 0 Å². The Kier molecular flexibility index (Phi) is 9.31. The molecule has 1 amide bonds. The largest absolute Gasteiger partial charge is 0.371 e. The number of aromatic nitrogens is 2. The third kappa shape index (κ3) is 7.15. The molecule has 0 unspecified atom stereocenters. The molecule has 8 heteroatoms. The van der Waals surface area contributed by atoms with Gasteiger partial charge in [0.2, 0.25) is 0 Å². The predicted octanol–water partition coefficient (Wildman–Crippen LogP) is 3.14. The summed E-state index contributed by atoms with van der Waals surface area (Å²) in [6.07, 6.45) is 8.59. The van der Waals surface area contributed by atoms with E-state index in [-0.39, 0.29) is 5.91 Å². The molecular formula is C27H41N7O. The van der Waals surface area contributed by atoms with Crippen molar-refractivity contribution in [1.29, 1.82) is 0 Å². The molecule has 35 heavy (non-hydrogen) atoms. The first kappa shape index (κ1) is 25.4. The Hall–Kier alpha value is -2.71. The maximum absolute atomic E-state index is 13.2. The van der Waals surface area contributed by atoms with Crippen LogP contribution in [0.15, 0.2) is 41.7 Å². The highest BCUT2D eigenvalue weighted by Crippen LogP contribution is 2.18. The van der Waals surface area contributed by atoms with E-state index in [9.17, 15) is 4.79 Å². The standard InChI is InChI=1S/C27H41N7O/c1-3-5-24(6-4-2)33-15-17-34(18-16-33)27(35)23-9-7-22(8-10-23)19-32(20-25-28-11-12-29-25)21-26-30-13-14-31-26/h7-12,24H,3-6,13-21H2,1-2H3,(H,28,29)(H,30,31). The van der Waals surface area contributed by atoms with Crippen LogP contribution >= 0.6 is 0 Å². The number of aliphatic imine (C=N–C) groups is 1. The van der Waals surface area contributed by atoms with E-state index in [1.807, 2.05) is 23.2 Å². The molecule has 3 heterocycles.